The molecule has 1 N–H and O–H groups in total. The molecule has 1 unspecified atom stereocenters. The van der Waals surface area contributed by atoms with Gasteiger partial charge in [-0.3, -0.25) is 9.59 Å². The van der Waals surface area contributed by atoms with Gasteiger partial charge in [0.25, 0.3) is 11.5 Å². The molecule has 122 valence electrons. The molecule has 1 aromatic carbocycles. The third-order valence-electron chi connectivity index (χ3n) is 4.47. The Hall–Kier alpha value is -2.96. The largest absolute Gasteiger partial charge is 0.345 e. The first-order chi connectivity index (χ1) is 11.7. The van der Waals surface area contributed by atoms with Crippen LogP contribution in [0.4, 0.5) is 0 Å². The van der Waals surface area contributed by atoms with Gasteiger partial charge < -0.3 is 9.88 Å². The normalized spacial score (nSPS) is 17.5. The molecule has 3 aromatic rings. The fourth-order valence-electron chi connectivity index (χ4n) is 3.25. The number of fused-ring (bicyclic) bond motifs is 1. The van der Waals surface area contributed by atoms with Crippen LogP contribution >= 0.6 is 0 Å². The number of benzene rings is 1. The minimum Gasteiger partial charge on any atom is -0.345 e. The molecule has 1 atom stereocenters. The standard InChI is InChI=1S/C17H17N5O2/c23-16-4-1-7-20-22(16)10-13-3-2-8-21(13)17(24)12-5-6-14-15(9-12)19-11-18-14/h1,4-7,9,11,13H,2-3,8,10H2,(H,18,19). The van der Waals surface area contributed by atoms with E-state index in [-0.39, 0.29) is 17.5 Å². The fourth-order valence-corrected chi connectivity index (χ4v) is 3.25. The van der Waals surface area contributed by atoms with Crippen molar-refractivity contribution in [2.75, 3.05) is 6.54 Å². The van der Waals surface area contributed by atoms with E-state index in [2.05, 4.69) is 15.1 Å². The number of hydrogen-bond acceptors (Lipinski definition) is 4. The Kier molecular flexibility index (Phi) is 3.60. The smallest absolute Gasteiger partial charge is 0.266 e. The summed E-state index contributed by atoms with van der Waals surface area (Å²) in [7, 11) is 0. The van der Waals surface area contributed by atoms with E-state index in [9.17, 15) is 9.59 Å². The summed E-state index contributed by atoms with van der Waals surface area (Å²) in [5, 5.41) is 4.10. The molecule has 3 heterocycles. The van der Waals surface area contributed by atoms with Crippen molar-refractivity contribution in [2.45, 2.75) is 25.4 Å². The number of aromatic nitrogens is 4. The third kappa shape index (κ3) is 2.58. The first kappa shape index (κ1) is 14.6. The van der Waals surface area contributed by atoms with Crippen LogP contribution in [0.2, 0.25) is 0 Å². The number of likely N-dealkylation sites (tertiary alicyclic amines) is 1. The van der Waals surface area contributed by atoms with Crippen LogP contribution < -0.4 is 5.56 Å². The molecular weight excluding hydrogens is 306 g/mol. The van der Waals surface area contributed by atoms with Crippen LogP contribution in [0.3, 0.4) is 0 Å². The quantitative estimate of drug-likeness (QED) is 0.790. The van der Waals surface area contributed by atoms with E-state index in [4.69, 9.17) is 0 Å². The number of nitrogens with one attached hydrogen (secondary N) is 1. The van der Waals surface area contributed by atoms with Gasteiger partial charge in [-0.05, 0) is 37.1 Å². The monoisotopic (exact) mass is 323 g/mol. The number of hydrogen-bond donors (Lipinski definition) is 1. The van der Waals surface area contributed by atoms with Gasteiger partial charge in [-0.15, -0.1) is 0 Å². The second-order valence-electron chi connectivity index (χ2n) is 5.97. The molecule has 1 aliphatic rings. The van der Waals surface area contributed by atoms with Crippen LogP contribution in [0.15, 0.2) is 47.7 Å². The highest BCUT2D eigenvalue weighted by Crippen LogP contribution is 2.22. The lowest BCUT2D eigenvalue weighted by Gasteiger charge is -2.25. The number of amides is 1. The van der Waals surface area contributed by atoms with Crippen molar-refractivity contribution >= 4 is 16.9 Å². The molecule has 7 nitrogen and oxygen atoms in total. The van der Waals surface area contributed by atoms with Crippen molar-refractivity contribution in [2.24, 2.45) is 0 Å². The van der Waals surface area contributed by atoms with E-state index < -0.39 is 0 Å². The lowest BCUT2D eigenvalue weighted by molar-refractivity contribution is 0.0720. The van der Waals surface area contributed by atoms with E-state index in [0.717, 1.165) is 23.9 Å². The number of nitrogens with zero attached hydrogens (tertiary/aromatic N) is 4. The van der Waals surface area contributed by atoms with Gasteiger partial charge >= 0.3 is 0 Å². The number of imidazole rings is 1. The molecule has 0 bridgehead atoms. The molecule has 1 saturated heterocycles. The highest BCUT2D eigenvalue weighted by atomic mass is 16.2. The second-order valence-corrected chi connectivity index (χ2v) is 5.97. The maximum Gasteiger partial charge on any atom is 0.266 e. The number of rotatable bonds is 3. The summed E-state index contributed by atoms with van der Waals surface area (Å²) in [5.74, 6) is -0.0158. The Morgan fingerprint density at radius 2 is 2.25 bits per heavy atom. The van der Waals surface area contributed by atoms with E-state index in [1.165, 1.54) is 10.7 Å². The zero-order chi connectivity index (χ0) is 16.5. The Morgan fingerprint density at radius 1 is 1.33 bits per heavy atom. The molecule has 2 aromatic heterocycles. The first-order valence-corrected chi connectivity index (χ1v) is 7.98. The van der Waals surface area contributed by atoms with E-state index in [1.807, 2.05) is 17.0 Å². The Bertz CT molecular complexity index is 945. The van der Waals surface area contributed by atoms with Crippen molar-refractivity contribution in [1.82, 2.24) is 24.6 Å². The molecule has 0 spiro atoms. The summed E-state index contributed by atoms with van der Waals surface area (Å²) < 4.78 is 1.42. The van der Waals surface area contributed by atoms with Crippen LogP contribution in [0.5, 0.6) is 0 Å². The predicted molar refractivity (Wildman–Crippen MR) is 88.6 cm³/mol. The molecule has 24 heavy (non-hydrogen) atoms. The first-order valence-electron chi connectivity index (χ1n) is 7.98. The summed E-state index contributed by atoms with van der Waals surface area (Å²) in [6, 6.07) is 8.56. The third-order valence-corrected chi connectivity index (χ3v) is 4.47. The van der Waals surface area contributed by atoms with Crippen LogP contribution in [0.1, 0.15) is 23.2 Å². The van der Waals surface area contributed by atoms with E-state index in [0.29, 0.717) is 18.7 Å². The van der Waals surface area contributed by atoms with Gasteiger partial charge in [-0.2, -0.15) is 5.10 Å². The number of carbonyl (C=O) groups excluding carboxylic acids is 1. The van der Waals surface area contributed by atoms with Gasteiger partial charge in [0.1, 0.15) is 0 Å². The molecule has 0 radical (unpaired) electrons. The Morgan fingerprint density at radius 3 is 3.12 bits per heavy atom. The highest BCUT2D eigenvalue weighted by molar-refractivity contribution is 5.97. The summed E-state index contributed by atoms with van der Waals surface area (Å²) in [5.41, 5.74) is 2.17. The molecule has 1 amide bonds. The molecule has 0 saturated carbocycles. The van der Waals surface area contributed by atoms with Crippen molar-refractivity contribution < 1.29 is 4.79 Å². The molecule has 1 fully saturated rings. The van der Waals surface area contributed by atoms with E-state index >= 15 is 0 Å². The van der Waals surface area contributed by atoms with Gasteiger partial charge in [0.15, 0.2) is 0 Å². The lowest BCUT2D eigenvalue weighted by atomic mass is 10.1. The van der Waals surface area contributed by atoms with Crippen LogP contribution in [0.25, 0.3) is 11.0 Å². The van der Waals surface area contributed by atoms with Crippen LogP contribution in [-0.4, -0.2) is 43.1 Å². The average Bonchev–Trinajstić information content (AvgIpc) is 3.24. The average molecular weight is 323 g/mol. The second kappa shape index (κ2) is 5.92. The number of H-pyrrole nitrogens is 1. The van der Waals surface area contributed by atoms with Gasteiger partial charge in [0, 0.05) is 24.4 Å². The molecule has 4 rings (SSSR count). The molecule has 7 heteroatoms. The van der Waals surface area contributed by atoms with Crippen molar-refractivity contribution in [3.8, 4) is 0 Å². The zero-order valence-corrected chi connectivity index (χ0v) is 13.1. The Labute approximate surface area is 137 Å². The highest BCUT2D eigenvalue weighted by Gasteiger charge is 2.30. The van der Waals surface area contributed by atoms with Crippen LogP contribution in [0, 0.1) is 0 Å². The number of carbonyl (C=O) groups is 1. The lowest BCUT2D eigenvalue weighted by Crippen LogP contribution is -2.40. The maximum atomic E-state index is 12.9. The molecular formula is C17H17N5O2. The maximum absolute atomic E-state index is 12.9. The summed E-state index contributed by atoms with van der Waals surface area (Å²) in [6.07, 6.45) is 5.02. The topological polar surface area (TPSA) is 83.9 Å². The summed E-state index contributed by atoms with van der Waals surface area (Å²) >= 11 is 0. The van der Waals surface area contributed by atoms with Crippen LogP contribution in [-0.2, 0) is 6.54 Å². The summed E-state index contributed by atoms with van der Waals surface area (Å²) in [4.78, 5) is 33.8. The van der Waals surface area contributed by atoms with Gasteiger partial charge in [-0.25, -0.2) is 9.67 Å². The molecule has 1 aliphatic heterocycles. The summed E-state index contributed by atoms with van der Waals surface area (Å²) in [6.45, 7) is 1.13. The SMILES string of the molecule is O=C(c1ccc2nc[nH]c2c1)N1CCCC1Cn1ncccc1=O. The number of aromatic amines is 1. The zero-order valence-electron chi connectivity index (χ0n) is 13.1. The van der Waals surface area contributed by atoms with Gasteiger partial charge in [0.05, 0.1) is 29.9 Å². The predicted octanol–water partition coefficient (Wildman–Crippen LogP) is 1.42. The van der Waals surface area contributed by atoms with Gasteiger partial charge in [0.2, 0.25) is 0 Å². The fraction of sp³-hybridized carbons (Fsp3) is 0.294. The minimum atomic E-state index is -0.143. The van der Waals surface area contributed by atoms with E-state index in [1.54, 1.807) is 24.7 Å². The Balaban J connectivity index is 1.58. The van der Waals surface area contributed by atoms with Gasteiger partial charge in [-0.1, -0.05) is 0 Å². The van der Waals surface area contributed by atoms with Crippen molar-refractivity contribution in [3.63, 3.8) is 0 Å². The minimum absolute atomic E-state index is 0.0115. The van der Waals surface area contributed by atoms with Crippen molar-refractivity contribution in [3.05, 3.63) is 58.8 Å². The molecule has 0 aliphatic carbocycles. The van der Waals surface area contributed by atoms with Crippen molar-refractivity contribution in [1.29, 1.82) is 0 Å².